The van der Waals surface area contributed by atoms with E-state index < -0.39 is 11.4 Å². The van der Waals surface area contributed by atoms with Crippen LogP contribution in [0.25, 0.3) is 0 Å². The van der Waals surface area contributed by atoms with Crippen LogP contribution in [0.1, 0.15) is 58.3 Å². The molecule has 16 heavy (non-hydrogen) atoms. The number of hydrogen-bond donors (Lipinski definition) is 2. The highest BCUT2D eigenvalue weighted by Gasteiger charge is 2.40. The number of carboxylic acid groups (broad SMARTS) is 1. The number of carbonyl (C=O) groups is 1. The normalized spacial score (nSPS) is 30.2. The monoisotopic (exact) mass is 228 g/mol. The fourth-order valence-electron chi connectivity index (χ4n) is 2.92. The molecule has 94 valence electrons. The third kappa shape index (κ3) is 3.21. The molecule has 1 fully saturated rings. The summed E-state index contributed by atoms with van der Waals surface area (Å²) in [6.45, 7) is 2.29. The summed E-state index contributed by atoms with van der Waals surface area (Å²) in [6.07, 6.45) is 7.37. The summed E-state index contributed by atoms with van der Waals surface area (Å²) in [6, 6.07) is 0. The van der Waals surface area contributed by atoms with Crippen LogP contribution in [0.4, 0.5) is 0 Å². The van der Waals surface area contributed by atoms with E-state index in [0.717, 1.165) is 31.6 Å². The minimum Gasteiger partial charge on any atom is -0.481 e. The van der Waals surface area contributed by atoms with Crippen LogP contribution < -0.4 is 0 Å². The van der Waals surface area contributed by atoms with Gasteiger partial charge in [-0.3, -0.25) is 4.79 Å². The Labute approximate surface area is 97.9 Å². The van der Waals surface area contributed by atoms with Gasteiger partial charge >= 0.3 is 5.97 Å². The molecule has 0 radical (unpaired) electrons. The molecular weight excluding hydrogens is 204 g/mol. The maximum Gasteiger partial charge on any atom is 0.309 e. The van der Waals surface area contributed by atoms with Crippen LogP contribution in [0.15, 0.2) is 0 Å². The van der Waals surface area contributed by atoms with Crippen molar-refractivity contribution in [1.29, 1.82) is 0 Å². The smallest absolute Gasteiger partial charge is 0.309 e. The zero-order chi connectivity index (χ0) is 12.0. The number of aliphatic hydroxyl groups is 1. The van der Waals surface area contributed by atoms with Crippen LogP contribution in [0.5, 0.6) is 0 Å². The number of hydrogen-bond acceptors (Lipinski definition) is 2. The van der Waals surface area contributed by atoms with Crippen molar-refractivity contribution < 1.29 is 15.0 Å². The molecular formula is C13H24O3. The van der Waals surface area contributed by atoms with Crippen molar-refractivity contribution in [3.63, 3.8) is 0 Å². The lowest BCUT2D eigenvalue weighted by Crippen LogP contribution is -2.35. The number of carboxylic acids is 1. The van der Waals surface area contributed by atoms with Crippen molar-refractivity contribution in [3.8, 4) is 0 Å². The van der Waals surface area contributed by atoms with Gasteiger partial charge in [-0.25, -0.2) is 0 Å². The van der Waals surface area contributed by atoms with Gasteiger partial charge in [0.2, 0.25) is 0 Å². The molecule has 0 aliphatic heterocycles. The van der Waals surface area contributed by atoms with Gasteiger partial charge < -0.3 is 10.2 Å². The van der Waals surface area contributed by atoms with Gasteiger partial charge in [0.05, 0.1) is 5.41 Å². The van der Waals surface area contributed by atoms with Gasteiger partial charge in [0.1, 0.15) is 0 Å². The lowest BCUT2D eigenvalue weighted by atomic mass is 9.67. The van der Waals surface area contributed by atoms with Crippen molar-refractivity contribution in [3.05, 3.63) is 0 Å². The molecule has 0 heterocycles. The van der Waals surface area contributed by atoms with E-state index in [1.54, 1.807) is 0 Å². The summed E-state index contributed by atoms with van der Waals surface area (Å²) in [5.74, 6) is 0.0718. The Bertz CT molecular complexity index is 217. The molecule has 0 aromatic heterocycles. The Morgan fingerprint density at radius 2 is 2.00 bits per heavy atom. The van der Waals surface area contributed by atoms with E-state index in [-0.39, 0.29) is 6.61 Å². The van der Waals surface area contributed by atoms with Crippen molar-refractivity contribution in [2.24, 2.45) is 11.3 Å². The van der Waals surface area contributed by atoms with E-state index in [9.17, 15) is 9.90 Å². The first-order valence-corrected chi connectivity index (χ1v) is 6.49. The fourth-order valence-corrected chi connectivity index (χ4v) is 2.92. The molecule has 2 N–H and O–H groups in total. The molecule has 0 aromatic carbocycles. The predicted octanol–water partition coefficient (Wildman–Crippen LogP) is 2.82. The average Bonchev–Trinajstić information content (AvgIpc) is 2.28. The SMILES string of the molecule is CCCC1CCC(CCCO)(C(=O)O)CC1. The lowest BCUT2D eigenvalue weighted by molar-refractivity contribution is -0.152. The fraction of sp³-hybridized carbons (Fsp3) is 0.923. The predicted molar refractivity (Wildman–Crippen MR) is 63.3 cm³/mol. The first-order chi connectivity index (χ1) is 7.64. The quantitative estimate of drug-likeness (QED) is 0.735. The average molecular weight is 228 g/mol. The molecule has 0 bridgehead atoms. The van der Waals surface area contributed by atoms with Crippen LogP contribution in [-0.2, 0) is 4.79 Å². The Hall–Kier alpha value is -0.570. The Morgan fingerprint density at radius 3 is 2.44 bits per heavy atom. The summed E-state index contributed by atoms with van der Waals surface area (Å²) < 4.78 is 0. The van der Waals surface area contributed by atoms with Gasteiger partial charge in [-0.05, 0) is 44.4 Å². The first-order valence-electron chi connectivity index (χ1n) is 6.49. The van der Waals surface area contributed by atoms with Crippen molar-refractivity contribution in [2.75, 3.05) is 6.61 Å². The topological polar surface area (TPSA) is 57.5 Å². The second-order valence-corrected chi connectivity index (χ2v) is 5.14. The van der Waals surface area contributed by atoms with E-state index in [1.165, 1.54) is 12.8 Å². The van der Waals surface area contributed by atoms with E-state index in [4.69, 9.17) is 5.11 Å². The second-order valence-electron chi connectivity index (χ2n) is 5.14. The molecule has 3 heteroatoms. The van der Waals surface area contributed by atoms with Gasteiger partial charge in [0.25, 0.3) is 0 Å². The van der Waals surface area contributed by atoms with Crippen molar-refractivity contribution in [2.45, 2.75) is 58.3 Å². The van der Waals surface area contributed by atoms with E-state index in [2.05, 4.69) is 6.92 Å². The molecule has 0 amide bonds. The minimum absolute atomic E-state index is 0.105. The van der Waals surface area contributed by atoms with Crippen LogP contribution in [0, 0.1) is 11.3 Å². The van der Waals surface area contributed by atoms with Crippen LogP contribution in [0.2, 0.25) is 0 Å². The van der Waals surface area contributed by atoms with Gasteiger partial charge in [0.15, 0.2) is 0 Å². The second kappa shape index (κ2) is 6.24. The highest BCUT2D eigenvalue weighted by Crippen LogP contribution is 2.43. The third-order valence-corrected chi connectivity index (χ3v) is 4.03. The standard InChI is InChI=1S/C13H24O3/c1-2-4-11-5-8-13(9-6-11,12(15)16)7-3-10-14/h11,14H,2-10H2,1H3,(H,15,16). The molecule has 1 aliphatic rings. The molecule has 0 saturated heterocycles. The number of rotatable bonds is 6. The summed E-state index contributed by atoms with van der Waals surface area (Å²) in [5.41, 5.74) is -0.535. The highest BCUT2D eigenvalue weighted by atomic mass is 16.4. The molecule has 0 atom stereocenters. The van der Waals surface area contributed by atoms with Crippen LogP contribution in [-0.4, -0.2) is 22.8 Å². The zero-order valence-electron chi connectivity index (χ0n) is 10.2. The lowest BCUT2D eigenvalue weighted by Gasteiger charge is -2.36. The molecule has 0 unspecified atom stereocenters. The molecule has 1 rings (SSSR count). The number of aliphatic hydroxyl groups excluding tert-OH is 1. The molecule has 1 aliphatic carbocycles. The minimum atomic E-state index is -0.657. The Kier molecular flexibility index (Phi) is 5.26. The maximum atomic E-state index is 11.4. The van der Waals surface area contributed by atoms with E-state index in [1.807, 2.05) is 0 Å². The van der Waals surface area contributed by atoms with Gasteiger partial charge in [-0.1, -0.05) is 19.8 Å². The zero-order valence-corrected chi connectivity index (χ0v) is 10.2. The Balaban J connectivity index is 2.52. The van der Waals surface area contributed by atoms with Crippen molar-refractivity contribution in [1.82, 2.24) is 0 Å². The molecule has 0 aromatic rings. The largest absolute Gasteiger partial charge is 0.481 e. The van der Waals surface area contributed by atoms with E-state index >= 15 is 0 Å². The van der Waals surface area contributed by atoms with Crippen molar-refractivity contribution >= 4 is 5.97 Å². The van der Waals surface area contributed by atoms with Gasteiger partial charge in [0, 0.05) is 6.61 Å². The summed E-state index contributed by atoms with van der Waals surface area (Å²) in [5, 5.41) is 18.2. The van der Waals surface area contributed by atoms with Crippen LogP contribution in [0.3, 0.4) is 0 Å². The van der Waals surface area contributed by atoms with Gasteiger partial charge in [-0.2, -0.15) is 0 Å². The third-order valence-electron chi connectivity index (χ3n) is 4.03. The van der Waals surface area contributed by atoms with E-state index in [0.29, 0.717) is 12.8 Å². The highest BCUT2D eigenvalue weighted by molar-refractivity contribution is 5.74. The summed E-state index contributed by atoms with van der Waals surface area (Å²) in [7, 11) is 0. The first kappa shape index (κ1) is 13.5. The molecule has 0 spiro atoms. The molecule has 3 nitrogen and oxygen atoms in total. The van der Waals surface area contributed by atoms with Crippen LogP contribution >= 0.6 is 0 Å². The Morgan fingerprint density at radius 1 is 1.38 bits per heavy atom. The maximum absolute atomic E-state index is 11.4. The molecule has 1 saturated carbocycles. The summed E-state index contributed by atoms with van der Waals surface area (Å²) >= 11 is 0. The van der Waals surface area contributed by atoms with Gasteiger partial charge in [-0.15, -0.1) is 0 Å². The number of aliphatic carboxylic acids is 1. The summed E-state index contributed by atoms with van der Waals surface area (Å²) in [4.78, 5) is 11.4.